The quantitative estimate of drug-likeness (QED) is 0.621. The highest BCUT2D eigenvalue weighted by Crippen LogP contribution is 2.11. The Bertz CT molecular complexity index is 409. The number of rotatable bonds is 10. The first-order chi connectivity index (χ1) is 10.1. The predicted molar refractivity (Wildman–Crippen MR) is 84.9 cm³/mol. The van der Waals surface area contributed by atoms with Gasteiger partial charge in [-0.05, 0) is 18.9 Å². The number of hydrogen-bond acceptors (Lipinski definition) is 4. The molecular weight excluding hydrogens is 266 g/mol. The number of Topliss-reactive ketones (excluding diaryl/α,β-unsaturated/α-hetero) is 1. The molecular formula is C17H27NO3. The van der Waals surface area contributed by atoms with E-state index in [1.165, 1.54) is 5.56 Å². The van der Waals surface area contributed by atoms with Gasteiger partial charge in [-0.25, -0.2) is 0 Å². The molecule has 0 aliphatic heterocycles. The smallest absolute Gasteiger partial charge is 0.179 e. The van der Waals surface area contributed by atoms with Crippen molar-refractivity contribution < 1.29 is 14.3 Å². The number of ether oxygens (including phenoxy) is 2. The normalized spacial score (nSPS) is 12.6. The molecule has 1 rings (SSSR count). The lowest BCUT2D eigenvalue weighted by Crippen LogP contribution is -2.42. The molecule has 0 saturated carbocycles. The van der Waals surface area contributed by atoms with Crippen molar-refractivity contribution in [1.29, 1.82) is 0 Å². The molecule has 0 amide bonds. The number of benzene rings is 1. The minimum atomic E-state index is -0.178. The van der Waals surface area contributed by atoms with Crippen LogP contribution in [-0.2, 0) is 15.9 Å². The van der Waals surface area contributed by atoms with E-state index in [1.54, 1.807) is 14.2 Å². The highest BCUT2D eigenvalue weighted by Gasteiger charge is 2.22. The van der Waals surface area contributed by atoms with Crippen LogP contribution in [-0.4, -0.2) is 57.2 Å². The summed E-state index contributed by atoms with van der Waals surface area (Å²) in [6, 6.07) is 7.71. The zero-order valence-electron chi connectivity index (χ0n) is 13.6. The summed E-state index contributed by atoms with van der Waals surface area (Å²) in [4.78, 5) is 14.7. The van der Waals surface area contributed by atoms with E-state index < -0.39 is 0 Å². The zero-order chi connectivity index (χ0) is 15.7. The number of carbonyl (C=O) groups is 1. The molecule has 0 aliphatic rings. The van der Waals surface area contributed by atoms with Crippen LogP contribution in [0.5, 0.6) is 0 Å². The van der Waals surface area contributed by atoms with Crippen LogP contribution in [0.4, 0.5) is 0 Å². The Kier molecular flexibility index (Phi) is 8.20. The van der Waals surface area contributed by atoms with Gasteiger partial charge >= 0.3 is 0 Å². The highest BCUT2D eigenvalue weighted by atomic mass is 16.5. The van der Waals surface area contributed by atoms with Gasteiger partial charge in [0.05, 0.1) is 19.3 Å². The van der Waals surface area contributed by atoms with Gasteiger partial charge in [0.1, 0.15) is 0 Å². The molecule has 1 unspecified atom stereocenters. The van der Waals surface area contributed by atoms with E-state index in [-0.39, 0.29) is 11.8 Å². The van der Waals surface area contributed by atoms with Crippen molar-refractivity contribution in [2.24, 2.45) is 0 Å². The maximum absolute atomic E-state index is 12.6. The van der Waals surface area contributed by atoms with Crippen molar-refractivity contribution in [3.8, 4) is 0 Å². The second-order valence-electron chi connectivity index (χ2n) is 5.11. The number of carbonyl (C=O) groups excluding carboxylic acids is 1. The molecule has 0 aromatic heterocycles. The first-order valence-electron chi connectivity index (χ1n) is 7.49. The summed E-state index contributed by atoms with van der Waals surface area (Å²) < 4.78 is 10.2. The second-order valence-corrected chi connectivity index (χ2v) is 5.11. The van der Waals surface area contributed by atoms with Gasteiger partial charge in [0.2, 0.25) is 0 Å². The molecule has 0 radical (unpaired) electrons. The fraction of sp³-hybridized carbons (Fsp3) is 0.588. The molecule has 1 atom stereocenters. The van der Waals surface area contributed by atoms with E-state index in [4.69, 9.17) is 9.47 Å². The lowest BCUT2D eigenvalue weighted by atomic mass is 10.0. The molecule has 0 bridgehead atoms. The Balaban J connectivity index is 2.74. The Morgan fingerprint density at radius 2 is 1.62 bits per heavy atom. The van der Waals surface area contributed by atoms with Crippen molar-refractivity contribution >= 4 is 5.78 Å². The van der Waals surface area contributed by atoms with Gasteiger partial charge in [-0.3, -0.25) is 9.69 Å². The molecule has 0 heterocycles. The molecule has 1 aromatic rings. The fourth-order valence-electron chi connectivity index (χ4n) is 2.23. The maximum atomic E-state index is 12.6. The second kappa shape index (κ2) is 9.66. The zero-order valence-corrected chi connectivity index (χ0v) is 13.6. The largest absolute Gasteiger partial charge is 0.383 e. The third kappa shape index (κ3) is 5.58. The number of aryl methyl sites for hydroxylation is 1. The first kappa shape index (κ1) is 17.8. The minimum Gasteiger partial charge on any atom is -0.383 e. The van der Waals surface area contributed by atoms with Crippen LogP contribution in [0.25, 0.3) is 0 Å². The lowest BCUT2D eigenvalue weighted by molar-refractivity contribution is 0.0687. The van der Waals surface area contributed by atoms with Gasteiger partial charge in [-0.15, -0.1) is 0 Å². The van der Waals surface area contributed by atoms with E-state index in [9.17, 15) is 4.79 Å². The average Bonchev–Trinajstić information content (AvgIpc) is 2.54. The molecule has 21 heavy (non-hydrogen) atoms. The van der Waals surface area contributed by atoms with Crippen LogP contribution in [0.1, 0.15) is 29.8 Å². The summed E-state index contributed by atoms with van der Waals surface area (Å²) in [6.45, 7) is 6.71. The summed E-state index contributed by atoms with van der Waals surface area (Å²) in [6.07, 6.45) is 0.984. The number of methoxy groups -OCH3 is 2. The summed E-state index contributed by atoms with van der Waals surface area (Å²) in [5.74, 6) is 0.143. The van der Waals surface area contributed by atoms with Gasteiger partial charge < -0.3 is 9.47 Å². The average molecular weight is 293 g/mol. The van der Waals surface area contributed by atoms with Gasteiger partial charge in [0.15, 0.2) is 5.78 Å². The van der Waals surface area contributed by atoms with Crippen molar-refractivity contribution in [2.75, 3.05) is 40.5 Å². The Morgan fingerprint density at radius 3 is 2.05 bits per heavy atom. The molecule has 0 N–H and O–H groups in total. The fourth-order valence-corrected chi connectivity index (χ4v) is 2.23. The predicted octanol–water partition coefficient (Wildman–Crippen LogP) is 2.42. The van der Waals surface area contributed by atoms with Crippen LogP contribution >= 0.6 is 0 Å². The standard InChI is InChI=1S/C17H27NO3/c1-5-15-6-8-16(9-7-15)17(19)14(2)18(10-12-20-3)11-13-21-4/h6-9,14H,5,10-13H2,1-4H3. The van der Waals surface area contributed by atoms with Gasteiger partial charge in [-0.1, -0.05) is 31.2 Å². The number of hydrogen-bond donors (Lipinski definition) is 0. The molecule has 1 aromatic carbocycles. The monoisotopic (exact) mass is 293 g/mol. The summed E-state index contributed by atoms with van der Waals surface area (Å²) in [5.41, 5.74) is 2.01. The summed E-state index contributed by atoms with van der Waals surface area (Å²) in [7, 11) is 3.34. The van der Waals surface area contributed by atoms with Crippen LogP contribution in [0, 0.1) is 0 Å². The third-order valence-electron chi connectivity index (χ3n) is 3.74. The van der Waals surface area contributed by atoms with Crippen LogP contribution in [0.2, 0.25) is 0 Å². The Hall–Kier alpha value is -1.23. The first-order valence-corrected chi connectivity index (χ1v) is 7.49. The van der Waals surface area contributed by atoms with E-state index in [2.05, 4.69) is 11.8 Å². The van der Waals surface area contributed by atoms with Gasteiger partial charge in [0.25, 0.3) is 0 Å². The van der Waals surface area contributed by atoms with Gasteiger partial charge in [0, 0.05) is 32.9 Å². The third-order valence-corrected chi connectivity index (χ3v) is 3.74. The van der Waals surface area contributed by atoms with E-state index in [0.29, 0.717) is 13.2 Å². The molecule has 4 nitrogen and oxygen atoms in total. The van der Waals surface area contributed by atoms with Crippen LogP contribution < -0.4 is 0 Å². The van der Waals surface area contributed by atoms with Crippen molar-refractivity contribution in [3.63, 3.8) is 0 Å². The molecule has 118 valence electrons. The van der Waals surface area contributed by atoms with Crippen molar-refractivity contribution in [3.05, 3.63) is 35.4 Å². The van der Waals surface area contributed by atoms with E-state index >= 15 is 0 Å². The molecule has 0 saturated heterocycles. The maximum Gasteiger partial charge on any atom is 0.179 e. The Morgan fingerprint density at radius 1 is 1.10 bits per heavy atom. The number of nitrogens with zero attached hydrogens (tertiary/aromatic N) is 1. The topological polar surface area (TPSA) is 38.8 Å². The van der Waals surface area contributed by atoms with Crippen LogP contribution in [0.15, 0.2) is 24.3 Å². The van der Waals surface area contributed by atoms with E-state index in [1.807, 2.05) is 31.2 Å². The Labute approximate surface area is 128 Å². The minimum absolute atomic E-state index is 0.143. The summed E-state index contributed by atoms with van der Waals surface area (Å²) in [5, 5.41) is 0. The molecule has 0 aliphatic carbocycles. The van der Waals surface area contributed by atoms with Crippen LogP contribution in [0.3, 0.4) is 0 Å². The van der Waals surface area contributed by atoms with Crippen molar-refractivity contribution in [2.45, 2.75) is 26.3 Å². The van der Waals surface area contributed by atoms with Gasteiger partial charge in [-0.2, -0.15) is 0 Å². The highest BCUT2D eigenvalue weighted by molar-refractivity contribution is 5.99. The molecule has 0 fully saturated rings. The molecule has 0 spiro atoms. The lowest BCUT2D eigenvalue weighted by Gasteiger charge is -2.27. The SMILES string of the molecule is CCc1ccc(C(=O)C(C)N(CCOC)CCOC)cc1. The van der Waals surface area contributed by atoms with Crippen molar-refractivity contribution in [1.82, 2.24) is 4.90 Å². The molecule has 4 heteroatoms. The number of ketones is 1. The van der Waals surface area contributed by atoms with E-state index in [0.717, 1.165) is 25.1 Å². The summed E-state index contributed by atoms with van der Waals surface area (Å²) >= 11 is 0.